The number of amides is 1. The number of thiazole rings is 1. The molecule has 0 radical (unpaired) electrons. The van der Waals surface area contributed by atoms with Crippen LogP contribution in [0.2, 0.25) is 0 Å². The van der Waals surface area contributed by atoms with Gasteiger partial charge in [0.1, 0.15) is 10.6 Å². The molecule has 1 aromatic carbocycles. The molecule has 0 bridgehead atoms. The normalized spacial score (nSPS) is 12.3. The van der Waals surface area contributed by atoms with Crippen LogP contribution >= 0.6 is 11.3 Å². The van der Waals surface area contributed by atoms with E-state index in [-0.39, 0.29) is 19.2 Å². The van der Waals surface area contributed by atoms with Gasteiger partial charge in [-0.15, -0.1) is 0 Å². The van der Waals surface area contributed by atoms with Gasteiger partial charge in [-0.25, -0.2) is 4.98 Å². The molecule has 3 aromatic heterocycles. The zero-order valence-electron chi connectivity index (χ0n) is 15.4. The number of nitrogens with one attached hydrogen (secondary N) is 1. The first-order valence-electron chi connectivity index (χ1n) is 8.92. The second-order valence-electron chi connectivity index (χ2n) is 6.43. The Balaban J connectivity index is 1.27. The molecule has 4 aromatic rings. The van der Waals surface area contributed by atoms with Crippen LogP contribution in [0.3, 0.4) is 0 Å². The highest BCUT2D eigenvalue weighted by molar-refractivity contribution is 7.16. The average molecular weight is 408 g/mol. The number of hydrogen-bond acceptors (Lipinski definition) is 7. The molecule has 1 aliphatic rings. The van der Waals surface area contributed by atoms with E-state index in [1.54, 1.807) is 6.07 Å². The number of nitrogens with zero attached hydrogens (tertiary/aromatic N) is 3. The Kier molecular flexibility index (Phi) is 4.28. The number of benzene rings is 1. The largest absolute Gasteiger partial charge is 0.454 e. The first kappa shape index (κ1) is 17.5. The summed E-state index contributed by atoms with van der Waals surface area (Å²) in [7, 11) is 0. The fraction of sp³-hybridized carbons (Fsp3) is 0.150. The lowest BCUT2D eigenvalue weighted by atomic mass is 10.1. The summed E-state index contributed by atoms with van der Waals surface area (Å²) in [5, 5.41) is 7.67. The number of ether oxygens (including phenoxy) is 2. The van der Waals surface area contributed by atoms with E-state index < -0.39 is 0 Å². The van der Waals surface area contributed by atoms with E-state index >= 15 is 0 Å². The van der Waals surface area contributed by atoms with Crippen molar-refractivity contribution in [3.63, 3.8) is 0 Å². The second-order valence-corrected chi connectivity index (χ2v) is 7.41. The molecule has 0 spiro atoms. The molecule has 0 saturated heterocycles. The van der Waals surface area contributed by atoms with Crippen molar-refractivity contribution in [3.05, 3.63) is 65.1 Å². The van der Waals surface area contributed by atoms with Crippen molar-refractivity contribution >= 4 is 17.2 Å². The molecule has 0 saturated carbocycles. The van der Waals surface area contributed by atoms with Crippen LogP contribution in [-0.4, -0.2) is 27.4 Å². The van der Waals surface area contributed by atoms with E-state index in [0.717, 1.165) is 10.7 Å². The maximum Gasteiger partial charge on any atom is 0.263 e. The zero-order valence-corrected chi connectivity index (χ0v) is 16.2. The van der Waals surface area contributed by atoms with Gasteiger partial charge in [0.05, 0.1) is 12.2 Å². The third-order valence-corrected chi connectivity index (χ3v) is 5.63. The number of rotatable bonds is 5. The van der Waals surface area contributed by atoms with Crippen LogP contribution in [0.1, 0.15) is 21.1 Å². The van der Waals surface area contributed by atoms with Crippen molar-refractivity contribution < 1.29 is 18.8 Å². The molecule has 0 unspecified atom stereocenters. The fourth-order valence-electron chi connectivity index (χ4n) is 3.00. The summed E-state index contributed by atoms with van der Waals surface area (Å²) in [6, 6.07) is 11.2. The number of carbonyl (C=O) groups is 1. The van der Waals surface area contributed by atoms with Crippen molar-refractivity contribution in [2.75, 3.05) is 6.79 Å². The van der Waals surface area contributed by atoms with Crippen LogP contribution in [-0.2, 0) is 6.54 Å². The molecule has 9 heteroatoms. The van der Waals surface area contributed by atoms with Crippen molar-refractivity contribution in [2.45, 2.75) is 13.5 Å². The molecular formula is C20H16N4O4S. The fourth-order valence-corrected chi connectivity index (χ4v) is 3.95. The van der Waals surface area contributed by atoms with Gasteiger partial charge < -0.3 is 23.9 Å². The molecule has 146 valence electrons. The van der Waals surface area contributed by atoms with Gasteiger partial charge in [0.2, 0.25) is 6.79 Å². The highest BCUT2D eigenvalue weighted by atomic mass is 32.1. The van der Waals surface area contributed by atoms with Gasteiger partial charge >= 0.3 is 0 Å². The van der Waals surface area contributed by atoms with E-state index in [1.165, 1.54) is 11.3 Å². The van der Waals surface area contributed by atoms with Gasteiger partial charge in [0.15, 0.2) is 22.4 Å². The van der Waals surface area contributed by atoms with Gasteiger partial charge in [0.25, 0.3) is 5.91 Å². The van der Waals surface area contributed by atoms with Gasteiger partial charge in [-0.1, -0.05) is 16.5 Å². The first-order valence-corrected chi connectivity index (χ1v) is 9.73. The zero-order chi connectivity index (χ0) is 19.8. The summed E-state index contributed by atoms with van der Waals surface area (Å²) in [4.78, 5) is 17.6. The molecule has 8 nitrogen and oxygen atoms in total. The summed E-state index contributed by atoms with van der Waals surface area (Å²) >= 11 is 1.34. The minimum absolute atomic E-state index is 0.189. The van der Waals surface area contributed by atoms with E-state index in [0.29, 0.717) is 33.5 Å². The molecule has 29 heavy (non-hydrogen) atoms. The Morgan fingerprint density at radius 1 is 1.21 bits per heavy atom. The van der Waals surface area contributed by atoms with Crippen molar-refractivity contribution in [2.24, 2.45) is 0 Å². The second kappa shape index (κ2) is 7.10. The predicted molar refractivity (Wildman–Crippen MR) is 105 cm³/mol. The SMILES string of the molecule is Cc1nc(-n2cccc2)sc1C(=O)NCc1cc(-c2ccc3c(c2)OCO3)on1. The summed E-state index contributed by atoms with van der Waals surface area (Å²) < 4.78 is 18.0. The van der Waals surface area contributed by atoms with E-state index in [9.17, 15) is 4.79 Å². The molecule has 1 aliphatic heterocycles. The molecule has 5 rings (SSSR count). The summed E-state index contributed by atoms with van der Waals surface area (Å²) in [5.41, 5.74) is 2.14. The van der Waals surface area contributed by atoms with Gasteiger partial charge in [-0.3, -0.25) is 4.79 Å². The topological polar surface area (TPSA) is 91.4 Å². The van der Waals surface area contributed by atoms with Gasteiger partial charge in [-0.2, -0.15) is 0 Å². The predicted octanol–water partition coefficient (Wildman–Crippen LogP) is 3.56. The monoisotopic (exact) mass is 408 g/mol. The van der Waals surface area contributed by atoms with Gasteiger partial charge in [-0.05, 0) is 37.3 Å². The van der Waals surface area contributed by atoms with Crippen molar-refractivity contribution in [3.8, 4) is 28.0 Å². The van der Waals surface area contributed by atoms with Gasteiger partial charge in [0, 0.05) is 24.0 Å². The third kappa shape index (κ3) is 3.36. The number of aryl methyl sites for hydroxylation is 1. The first-order chi connectivity index (χ1) is 14.2. The van der Waals surface area contributed by atoms with Crippen LogP contribution in [0.5, 0.6) is 11.5 Å². The molecule has 1 N–H and O–H groups in total. The van der Waals surface area contributed by atoms with E-state index in [2.05, 4.69) is 15.5 Å². The highest BCUT2D eigenvalue weighted by Crippen LogP contribution is 2.36. The Morgan fingerprint density at radius 2 is 2.03 bits per heavy atom. The summed E-state index contributed by atoms with van der Waals surface area (Å²) in [5.74, 6) is 1.79. The lowest BCUT2D eigenvalue weighted by molar-refractivity contribution is 0.0953. The summed E-state index contributed by atoms with van der Waals surface area (Å²) in [6.07, 6.45) is 3.79. The number of carbonyl (C=O) groups excluding carboxylic acids is 1. The lowest BCUT2D eigenvalue weighted by Crippen LogP contribution is -2.22. The molecule has 4 heterocycles. The van der Waals surface area contributed by atoms with Crippen molar-refractivity contribution in [1.82, 2.24) is 20.0 Å². The molecule has 1 amide bonds. The third-order valence-electron chi connectivity index (χ3n) is 4.46. The van der Waals surface area contributed by atoms with Crippen LogP contribution in [0.25, 0.3) is 16.5 Å². The number of fused-ring (bicyclic) bond motifs is 1. The Morgan fingerprint density at radius 3 is 2.90 bits per heavy atom. The minimum atomic E-state index is -0.189. The maximum absolute atomic E-state index is 12.6. The Hall–Kier alpha value is -3.59. The number of aromatic nitrogens is 3. The Bertz CT molecular complexity index is 1180. The Labute approximate surface area is 169 Å². The molecule has 0 atom stereocenters. The van der Waals surface area contributed by atoms with Crippen LogP contribution in [0.4, 0.5) is 0 Å². The van der Waals surface area contributed by atoms with Crippen LogP contribution in [0.15, 0.2) is 53.3 Å². The lowest BCUT2D eigenvalue weighted by Gasteiger charge is -2.00. The highest BCUT2D eigenvalue weighted by Gasteiger charge is 2.18. The molecule has 0 aliphatic carbocycles. The van der Waals surface area contributed by atoms with Crippen LogP contribution in [0, 0.1) is 6.92 Å². The average Bonchev–Trinajstić information content (AvgIpc) is 3.52. The molecular weight excluding hydrogens is 392 g/mol. The minimum Gasteiger partial charge on any atom is -0.454 e. The maximum atomic E-state index is 12.6. The standard InChI is InChI=1S/C20H16N4O4S/c1-12-18(29-20(22-12)24-6-2-3-7-24)19(25)21-10-14-9-16(28-23-14)13-4-5-15-17(8-13)27-11-26-15/h2-9H,10-11H2,1H3,(H,21,25). The van der Waals surface area contributed by atoms with Crippen molar-refractivity contribution in [1.29, 1.82) is 0 Å². The summed E-state index contributed by atoms with van der Waals surface area (Å²) in [6.45, 7) is 2.30. The number of hydrogen-bond donors (Lipinski definition) is 1. The molecule has 0 fully saturated rings. The van der Waals surface area contributed by atoms with E-state index in [1.807, 2.05) is 54.2 Å². The van der Waals surface area contributed by atoms with Crippen LogP contribution < -0.4 is 14.8 Å². The quantitative estimate of drug-likeness (QED) is 0.543. The van der Waals surface area contributed by atoms with E-state index in [4.69, 9.17) is 14.0 Å². The smallest absolute Gasteiger partial charge is 0.263 e.